The predicted molar refractivity (Wildman–Crippen MR) is 105 cm³/mol. The van der Waals surface area contributed by atoms with Crippen LogP contribution in [0.25, 0.3) is 0 Å². The van der Waals surface area contributed by atoms with Crippen molar-refractivity contribution in [1.82, 2.24) is 0 Å². The van der Waals surface area contributed by atoms with E-state index >= 15 is 0 Å². The molecule has 0 fully saturated rings. The first-order valence-electron chi connectivity index (χ1n) is 8.08. The number of sulfonamides is 2. The van der Waals surface area contributed by atoms with Gasteiger partial charge in [-0.3, -0.25) is 0 Å². The third-order valence-corrected chi connectivity index (χ3v) is 6.85. The largest absolute Gasteiger partial charge is 0.389 e. The molecule has 0 heterocycles. The lowest BCUT2D eigenvalue weighted by Gasteiger charge is -2.26. The SMILES string of the molecule is C=CCC[C@@H](C(C)(C)O)S(N)(=O)=O.C=CCC[C@H](C(C)(C)O)S(N)(=O)=O. The van der Waals surface area contributed by atoms with Gasteiger partial charge in [0.05, 0.1) is 11.2 Å². The van der Waals surface area contributed by atoms with Gasteiger partial charge in [-0.1, -0.05) is 12.2 Å². The lowest BCUT2D eigenvalue weighted by molar-refractivity contribution is 0.0718. The van der Waals surface area contributed by atoms with Crippen LogP contribution in [0.15, 0.2) is 25.3 Å². The van der Waals surface area contributed by atoms with Crippen LogP contribution in [-0.2, 0) is 20.0 Å². The maximum Gasteiger partial charge on any atom is 0.214 e. The van der Waals surface area contributed by atoms with Gasteiger partial charge in [0.1, 0.15) is 10.5 Å². The van der Waals surface area contributed by atoms with Gasteiger partial charge in [-0.2, -0.15) is 0 Å². The Hall–Kier alpha value is -0.780. The van der Waals surface area contributed by atoms with E-state index < -0.39 is 41.7 Å². The molecular weight excluding hydrogens is 380 g/mol. The zero-order valence-corrected chi connectivity index (χ0v) is 17.7. The quantitative estimate of drug-likeness (QED) is 0.386. The van der Waals surface area contributed by atoms with Crippen molar-refractivity contribution in [3.8, 4) is 0 Å². The summed E-state index contributed by atoms with van der Waals surface area (Å²) in [6.45, 7) is 12.7. The molecule has 0 saturated carbocycles. The monoisotopic (exact) mass is 414 g/mol. The first kappa shape index (κ1) is 27.4. The summed E-state index contributed by atoms with van der Waals surface area (Å²) >= 11 is 0. The van der Waals surface area contributed by atoms with Crippen molar-refractivity contribution >= 4 is 20.0 Å². The highest BCUT2D eigenvalue weighted by Gasteiger charge is 2.35. The molecule has 0 unspecified atom stereocenters. The maximum absolute atomic E-state index is 11.1. The minimum atomic E-state index is -3.69. The van der Waals surface area contributed by atoms with Gasteiger partial charge in [0.15, 0.2) is 0 Å². The summed E-state index contributed by atoms with van der Waals surface area (Å²) in [6.07, 6.45) is 4.84. The molecule has 0 bridgehead atoms. The molecule has 0 aliphatic heterocycles. The Kier molecular flexibility index (Phi) is 11.1. The van der Waals surface area contributed by atoms with Gasteiger partial charge in [0.2, 0.25) is 20.0 Å². The van der Waals surface area contributed by atoms with E-state index in [0.29, 0.717) is 25.7 Å². The second-order valence-corrected chi connectivity index (χ2v) is 10.7. The maximum atomic E-state index is 11.1. The molecule has 0 rings (SSSR count). The zero-order chi connectivity index (χ0) is 21.4. The summed E-state index contributed by atoms with van der Waals surface area (Å²) in [5.41, 5.74) is -2.62. The van der Waals surface area contributed by atoms with Crippen molar-refractivity contribution in [2.75, 3.05) is 0 Å². The molecule has 6 N–H and O–H groups in total. The van der Waals surface area contributed by atoms with E-state index in [1.54, 1.807) is 12.2 Å². The van der Waals surface area contributed by atoms with Gasteiger partial charge >= 0.3 is 0 Å². The molecule has 0 saturated heterocycles. The molecule has 0 spiro atoms. The van der Waals surface area contributed by atoms with Crippen molar-refractivity contribution in [3.05, 3.63) is 25.3 Å². The fraction of sp³-hybridized carbons (Fsp3) is 0.750. The first-order valence-corrected chi connectivity index (χ1v) is 11.3. The van der Waals surface area contributed by atoms with Crippen LogP contribution >= 0.6 is 0 Å². The van der Waals surface area contributed by atoms with E-state index in [1.165, 1.54) is 27.7 Å². The normalized spacial score (nSPS) is 15.4. The number of hydrogen-bond donors (Lipinski definition) is 4. The second kappa shape index (κ2) is 10.5. The summed E-state index contributed by atoms with van der Waals surface area (Å²) in [6, 6.07) is 0. The van der Waals surface area contributed by atoms with E-state index in [0.717, 1.165) is 0 Å². The van der Waals surface area contributed by atoms with Crippen LogP contribution in [-0.4, -0.2) is 48.8 Å². The fourth-order valence-electron chi connectivity index (χ4n) is 2.38. The molecule has 156 valence electrons. The molecule has 2 atom stereocenters. The minimum absolute atomic E-state index is 0.297. The van der Waals surface area contributed by atoms with Crippen LogP contribution in [0.5, 0.6) is 0 Å². The number of primary sulfonamides is 2. The summed E-state index contributed by atoms with van der Waals surface area (Å²) in [4.78, 5) is 0. The Labute approximate surface area is 158 Å². The number of hydrogen-bond acceptors (Lipinski definition) is 6. The van der Waals surface area contributed by atoms with Crippen molar-refractivity contribution in [1.29, 1.82) is 0 Å². The van der Waals surface area contributed by atoms with Crippen LogP contribution in [0.2, 0.25) is 0 Å². The Bertz CT molecular complexity index is 585. The summed E-state index contributed by atoms with van der Waals surface area (Å²) in [5.74, 6) is 0. The summed E-state index contributed by atoms with van der Waals surface area (Å²) < 4.78 is 44.3. The average Bonchev–Trinajstić information content (AvgIpc) is 2.33. The van der Waals surface area contributed by atoms with Gasteiger partial charge < -0.3 is 10.2 Å². The van der Waals surface area contributed by atoms with E-state index in [9.17, 15) is 27.0 Å². The third kappa shape index (κ3) is 11.8. The van der Waals surface area contributed by atoms with Crippen molar-refractivity contribution in [3.63, 3.8) is 0 Å². The molecule has 0 aromatic heterocycles. The highest BCUT2D eigenvalue weighted by atomic mass is 32.2. The van der Waals surface area contributed by atoms with E-state index in [4.69, 9.17) is 10.3 Å². The van der Waals surface area contributed by atoms with Crippen molar-refractivity contribution in [2.24, 2.45) is 10.3 Å². The molecule has 0 amide bonds. The standard InChI is InChI=1S/2C8H17NO3S/c2*1-4-5-6-7(8(2,3)10)13(9,11)12/h2*4,7,10H,1,5-6H2,2-3H3,(H2,9,11,12)/t2*7-/m10/s1. The number of allylic oxidation sites excluding steroid dienone is 2. The molecule has 0 aromatic rings. The highest BCUT2D eigenvalue weighted by molar-refractivity contribution is 7.90. The minimum Gasteiger partial charge on any atom is -0.389 e. The average molecular weight is 415 g/mol. The predicted octanol–water partition coefficient (Wildman–Crippen LogP) is 0.761. The molecule has 8 nitrogen and oxygen atoms in total. The summed E-state index contributed by atoms with van der Waals surface area (Å²) in [7, 11) is -7.39. The molecule has 10 heteroatoms. The van der Waals surface area contributed by atoms with Gasteiger partial charge in [-0.05, 0) is 53.4 Å². The molecular formula is C16H34N2O6S2. The Balaban J connectivity index is 0. The van der Waals surface area contributed by atoms with Crippen LogP contribution in [0, 0.1) is 0 Å². The Morgan fingerprint density at radius 3 is 1.15 bits per heavy atom. The van der Waals surface area contributed by atoms with Gasteiger partial charge in [0.25, 0.3) is 0 Å². The second-order valence-electron chi connectivity index (χ2n) is 7.19. The molecule has 0 radical (unpaired) electrons. The lowest BCUT2D eigenvalue weighted by Crippen LogP contribution is -2.45. The van der Waals surface area contributed by atoms with Crippen LogP contribution in [0.4, 0.5) is 0 Å². The van der Waals surface area contributed by atoms with E-state index in [1.807, 2.05) is 0 Å². The van der Waals surface area contributed by atoms with E-state index in [2.05, 4.69) is 13.2 Å². The Morgan fingerprint density at radius 1 is 0.808 bits per heavy atom. The Morgan fingerprint density at radius 2 is 1.04 bits per heavy atom. The van der Waals surface area contributed by atoms with E-state index in [-0.39, 0.29) is 0 Å². The first-order chi connectivity index (χ1) is 11.4. The topological polar surface area (TPSA) is 161 Å². The van der Waals surface area contributed by atoms with Crippen LogP contribution in [0.1, 0.15) is 53.4 Å². The third-order valence-electron chi connectivity index (χ3n) is 3.63. The molecule has 26 heavy (non-hydrogen) atoms. The number of nitrogens with two attached hydrogens (primary N) is 2. The van der Waals surface area contributed by atoms with Gasteiger partial charge in [-0.15, -0.1) is 13.2 Å². The molecule has 0 aliphatic carbocycles. The van der Waals surface area contributed by atoms with Gasteiger partial charge in [0, 0.05) is 0 Å². The van der Waals surface area contributed by atoms with Crippen LogP contribution < -0.4 is 10.3 Å². The van der Waals surface area contributed by atoms with Crippen molar-refractivity contribution < 1.29 is 27.0 Å². The smallest absolute Gasteiger partial charge is 0.214 e. The summed E-state index contributed by atoms with van der Waals surface area (Å²) in [5, 5.41) is 27.2. The van der Waals surface area contributed by atoms with Gasteiger partial charge in [-0.25, -0.2) is 27.1 Å². The number of aliphatic hydroxyl groups is 2. The number of rotatable bonds is 10. The highest BCUT2D eigenvalue weighted by Crippen LogP contribution is 2.20. The molecule has 0 aliphatic rings. The van der Waals surface area contributed by atoms with Crippen LogP contribution in [0.3, 0.4) is 0 Å². The van der Waals surface area contributed by atoms with Crippen molar-refractivity contribution in [2.45, 2.75) is 75.1 Å². The zero-order valence-electron chi connectivity index (χ0n) is 16.1. The molecule has 0 aromatic carbocycles. The lowest BCUT2D eigenvalue weighted by atomic mass is 10.0. The fourth-order valence-corrected chi connectivity index (χ4v) is 4.91.